The van der Waals surface area contributed by atoms with Crippen LogP contribution in [-0.4, -0.2) is 61.5 Å². The van der Waals surface area contributed by atoms with Crippen LogP contribution in [0.3, 0.4) is 0 Å². The molecule has 0 radical (unpaired) electrons. The number of carboxylic acid groups (broad SMARTS) is 1. The summed E-state index contributed by atoms with van der Waals surface area (Å²) in [5, 5.41) is 17.0. The minimum Gasteiger partial charge on any atom is -0.489 e. The zero-order valence-electron chi connectivity index (χ0n) is 17.5. The number of rotatable bonds is 8. The van der Waals surface area contributed by atoms with Gasteiger partial charge in [-0.05, 0) is 63.1 Å². The molecule has 0 aliphatic heterocycles. The summed E-state index contributed by atoms with van der Waals surface area (Å²) in [6, 6.07) is 3.97. The van der Waals surface area contributed by atoms with E-state index in [9.17, 15) is 13.2 Å². The summed E-state index contributed by atoms with van der Waals surface area (Å²) in [7, 11) is -2.40. The van der Waals surface area contributed by atoms with Gasteiger partial charge in [-0.2, -0.15) is 4.31 Å². The van der Waals surface area contributed by atoms with E-state index in [0.717, 1.165) is 31.9 Å². The van der Waals surface area contributed by atoms with Crippen molar-refractivity contribution in [3.63, 3.8) is 0 Å². The van der Waals surface area contributed by atoms with E-state index < -0.39 is 28.0 Å². The minimum atomic E-state index is -3.88. The summed E-state index contributed by atoms with van der Waals surface area (Å²) < 4.78 is 33.7. The van der Waals surface area contributed by atoms with Crippen molar-refractivity contribution in [2.75, 3.05) is 13.6 Å². The molecule has 0 bridgehead atoms. The second kappa shape index (κ2) is 10.1. The number of benzene rings is 1. The SMILES string of the molecule is CN(C1CCCC(=NCC(=O)O)C1C=N)S(=O)(=O)c1ccc(OC2CCCC2)c(Cl)c1. The van der Waals surface area contributed by atoms with Gasteiger partial charge in [0.2, 0.25) is 10.0 Å². The molecule has 2 saturated carbocycles. The minimum absolute atomic E-state index is 0.0529. The Bertz CT molecular complexity index is 960. The number of sulfonamides is 1. The number of hydrogen-bond acceptors (Lipinski definition) is 6. The van der Waals surface area contributed by atoms with Gasteiger partial charge in [-0.1, -0.05) is 11.6 Å². The molecule has 10 heteroatoms. The molecule has 0 heterocycles. The van der Waals surface area contributed by atoms with Crippen LogP contribution >= 0.6 is 11.6 Å². The Balaban J connectivity index is 1.81. The monoisotopic (exact) mass is 469 g/mol. The van der Waals surface area contributed by atoms with Crippen LogP contribution < -0.4 is 4.74 Å². The molecule has 3 rings (SSSR count). The van der Waals surface area contributed by atoms with E-state index in [0.29, 0.717) is 30.7 Å². The zero-order chi connectivity index (χ0) is 22.6. The highest BCUT2D eigenvalue weighted by Gasteiger charge is 2.37. The van der Waals surface area contributed by atoms with Gasteiger partial charge in [0.1, 0.15) is 12.3 Å². The predicted octanol–water partition coefficient (Wildman–Crippen LogP) is 3.63. The number of carbonyl (C=O) groups is 1. The van der Waals surface area contributed by atoms with Gasteiger partial charge in [0.15, 0.2) is 0 Å². The number of carboxylic acids is 1. The van der Waals surface area contributed by atoms with Crippen molar-refractivity contribution in [2.24, 2.45) is 10.9 Å². The summed E-state index contributed by atoms with van der Waals surface area (Å²) in [5.41, 5.74) is 0.550. The molecular weight excluding hydrogens is 442 g/mol. The Morgan fingerprint density at radius 3 is 2.65 bits per heavy atom. The second-order valence-corrected chi connectivity index (χ2v) is 10.4. The van der Waals surface area contributed by atoms with Crippen molar-refractivity contribution >= 4 is 39.5 Å². The fourth-order valence-electron chi connectivity index (χ4n) is 4.30. The highest BCUT2D eigenvalue weighted by atomic mass is 35.5. The van der Waals surface area contributed by atoms with Crippen LogP contribution in [-0.2, 0) is 14.8 Å². The maximum atomic E-state index is 13.3. The van der Waals surface area contributed by atoms with Crippen LogP contribution in [0.5, 0.6) is 5.75 Å². The second-order valence-electron chi connectivity index (χ2n) is 7.99. The van der Waals surface area contributed by atoms with Crippen molar-refractivity contribution in [1.82, 2.24) is 4.31 Å². The largest absolute Gasteiger partial charge is 0.489 e. The van der Waals surface area contributed by atoms with Gasteiger partial charge in [-0.15, -0.1) is 0 Å². The molecular formula is C21H28ClN3O5S. The maximum Gasteiger partial charge on any atom is 0.325 e. The first-order chi connectivity index (χ1) is 14.7. The zero-order valence-corrected chi connectivity index (χ0v) is 19.0. The average Bonchev–Trinajstić information content (AvgIpc) is 3.25. The van der Waals surface area contributed by atoms with Crippen molar-refractivity contribution < 1.29 is 23.1 Å². The number of hydrogen-bond donors (Lipinski definition) is 2. The van der Waals surface area contributed by atoms with Crippen molar-refractivity contribution in [2.45, 2.75) is 62.0 Å². The van der Waals surface area contributed by atoms with Crippen LogP contribution in [0.2, 0.25) is 5.02 Å². The van der Waals surface area contributed by atoms with Gasteiger partial charge in [-0.25, -0.2) is 8.42 Å². The van der Waals surface area contributed by atoms with Crippen LogP contribution in [0.4, 0.5) is 0 Å². The maximum absolute atomic E-state index is 13.3. The van der Waals surface area contributed by atoms with Crippen molar-refractivity contribution in [3.8, 4) is 5.75 Å². The standard InChI is InChI=1S/C21H28ClN3O5S/c1-25(19-8-4-7-18(16(19)12-23)24-13-21(26)27)31(28,29)15-9-10-20(17(22)11-15)30-14-5-2-3-6-14/h9-12,14,16,19,23H,2-8,13H2,1H3,(H,26,27). The summed E-state index contributed by atoms with van der Waals surface area (Å²) in [5.74, 6) is -1.14. The number of aliphatic imine (C=N–C) groups is 1. The Morgan fingerprint density at radius 2 is 2.03 bits per heavy atom. The lowest BCUT2D eigenvalue weighted by Gasteiger charge is -2.36. The van der Waals surface area contributed by atoms with E-state index >= 15 is 0 Å². The molecule has 0 spiro atoms. The van der Waals surface area contributed by atoms with E-state index in [1.807, 2.05) is 0 Å². The third-order valence-corrected chi connectivity index (χ3v) is 8.15. The van der Waals surface area contributed by atoms with Crippen LogP contribution in [0, 0.1) is 11.3 Å². The van der Waals surface area contributed by atoms with Gasteiger partial charge in [0.05, 0.1) is 16.0 Å². The van der Waals surface area contributed by atoms with Crippen molar-refractivity contribution in [3.05, 3.63) is 23.2 Å². The fourth-order valence-corrected chi connectivity index (χ4v) is 6.02. The molecule has 0 saturated heterocycles. The van der Waals surface area contributed by atoms with Crippen LogP contribution in [0.15, 0.2) is 28.1 Å². The Kier molecular flexibility index (Phi) is 7.72. The van der Waals surface area contributed by atoms with E-state index in [1.54, 1.807) is 6.07 Å². The molecule has 2 aliphatic rings. The number of nitrogens with zero attached hydrogens (tertiary/aromatic N) is 2. The van der Waals surface area contributed by atoms with Gasteiger partial charge in [0, 0.05) is 30.9 Å². The molecule has 1 aromatic carbocycles. The topological polar surface area (TPSA) is 120 Å². The third-order valence-electron chi connectivity index (χ3n) is 5.97. The lowest BCUT2D eigenvalue weighted by atomic mass is 9.83. The molecule has 0 aromatic heterocycles. The molecule has 8 nitrogen and oxygen atoms in total. The number of nitrogens with one attached hydrogen (secondary N) is 1. The Labute approximate surface area is 187 Å². The average molecular weight is 470 g/mol. The molecule has 2 unspecified atom stereocenters. The number of halogens is 1. The normalized spacial score (nSPS) is 23.9. The van der Waals surface area contributed by atoms with Gasteiger partial charge in [0.25, 0.3) is 0 Å². The molecule has 2 aliphatic carbocycles. The van der Waals surface area contributed by atoms with Crippen molar-refractivity contribution in [1.29, 1.82) is 5.41 Å². The molecule has 2 fully saturated rings. The molecule has 31 heavy (non-hydrogen) atoms. The molecule has 170 valence electrons. The van der Waals surface area contributed by atoms with E-state index in [2.05, 4.69) is 4.99 Å². The first kappa shape index (κ1) is 23.7. The van der Waals surface area contributed by atoms with Gasteiger partial charge < -0.3 is 15.3 Å². The lowest BCUT2D eigenvalue weighted by molar-refractivity contribution is -0.135. The highest BCUT2D eigenvalue weighted by molar-refractivity contribution is 7.89. The molecule has 2 N–H and O–H groups in total. The van der Waals surface area contributed by atoms with Crippen LogP contribution in [0.1, 0.15) is 44.9 Å². The molecule has 2 atom stereocenters. The lowest BCUT2D eigenvalue weighted by Crippen LogP contribution is -2.47. The Hall–Kier alpha value is -1.97. The first-order valence-corrected chi connectivity index (χ1v) is 12.3. The quantitative estimate of drug-likeness (QED) is 0.563. The van der Waals surface area contributed by atoms with Crippen LogP contribution in [0.25, 0.3) is 0 Å². The number of aliphatic carboxylic acids is 1. The van der Waals surface area contributed by atoms with Gasteiger partial charge >= 0.3 is 5.97 Å². The van der Waals surface area contributed by atoms with E-state index in [4.69, 9.17) is 26.9 Å². The molecule has 0 amide bonds. The summed E-state index contributed by atoms with van der Waals surface area (Å²) >= 11 is 6.34. The van der Waals surface area contributed by atoms with E-state index in [1.165, 1.54) is 23.5 Å². The number of ether oxygens (including phenoxy) is 1. The van der Waals surface area contributed by atoms with Gasteiger partial charge in [-0.3, -0.25) is 9.79 Å². The smallest absolute Gasteiger partial charge is 0.325 e. The fraction of sp³-hybridized carbons (Fsp3) is 0.571. The summed E-state index contributed by atoms with van der Waals surface area (Å²) in [6.07, 6.45) is 7.22. The van der Waals surface area contributed by atoms with E-state index in [-0.39, 0.29) is 22.6 Å². The third kappa shape index (κ3) is 5.45. The first-order valence-electron chi connectivity index (χ1n) is 10.4. The summed E-state index contributed by atoms with van der Waals surface area (Å²) in [4.78, 5) is 15.0. The Morgan fingerprint density at radius 1 is 1.32 bits per heavy atom. The molecule has 1 aromatic rings. The summed E-state index contributed by atoms with van der Waals surface area (Å²) in [6.45, 7) is -0.388. The highest BCUT2D eigenvalue weighted by Crippen LogP contribution is 2.34. The predicted molar refractivity (Wildman–Crippen MR) is 119 cm³/mol.